The Labute approximate surface area is 161 Å². The van der Waals surface area contributed by atoms with Gasteiger partial charge in [0.1, 0.15) is 5.82 Å². The van der Waals surface area contributed by atoms with Crippen LogP contribution in [0.25, 0.3) is 0 Å². The van der Waals surface area contributed by atoms with E-state index in [4.69, 9.17) is 11.6 Å². The molecule has 0 unspecified atom stereocenters. The molecule has 142 valence electrons. The number of rotatable bonds is 4. The van der Waals surface area contributed by atoms with Gasteiger partial charge >= 0.3 is 0 Å². The number of anilines is 1. The lowest BCUT2D eigenvalue weighted by molar-refractivity contribution is -0.130. The van der Waals surface area contributed by atoms with Gasteiger partial charge in [-0.1, -0.05) is 29.8 Å². The molecule has 0 bridgehead atoms. The van der Waals surface area contributed by atoms with E-state index in [0.717, 1.165) is 6.26 Å². The van der Waals surface area contributed by atoms with E-state index in [9.17, 15) is 17.6 Å². The van der Waals surface area contributed by atoms with Crippen molar-refractivity contribution in [3.63, 3.8) is 0 Å². The number of benzene rings is 2. The van der Waals surface area contributed by atoms with Crippen molar-refractivity contribution in [2.45, 2.75) is 19.4 Å². The van der Waals surface area contributed by atoms with Crippen molar-refractivity contribution < 1.29 is 17.6 Å². The molecule has 9 heteroatoms. The van der Waals surface area contributed by atoms with Crippen LogP contribution in [0, 0.1) is 5.82 Å². The number of carbonyl (C=O) groups excluding carboxylic acids is 1. The molecule has 2 aromatic carbocycles. The van der Waals surface area contributed by atoms with Crippen LogP contribution in [0.4, 0.5) is 10.1 Å². The van der Waals surface area contributed by atoms with Crippen LogP contribution in [0.2, 0.25) is 5.02 Å². The summed E-state index contributed by atoms with van der Waals surface area (Å²) >= 11 is 5.87. The summed E-state index contributed by atoms with van der Waals surface area (Å²) in [5, 5.41) is 5.70. The first-order chi connectivity index (χ1) is 12.6. The summed E-state index contributed by atoms with van der Waals surface area (Å²) in [6.45, 7) is 1.40. The topological polar surface area (TPSA) is 78.8 Å². The molecular formula is C18H17ClFN3O3S. The summed E-state index contributed by atoms with van der Waals surface area (Å²) in [7, 11) is -3.41. The van der Waals surface area contributed by atoms with E-state index in [1.54, 1.807) is 30.3 Å². The third kappa shape index (κ3) is 4.45. The fourth-order valence-electron chi connectivity index (χ4n) is 2.93. The molecule has 6 nitrogen and oxygen atoms in total. The maximum Gasteiger partial charge on any atom is 0.240 e. The SMILES string of the molecule is CC(=O)N1N=C(c2cccc(NS(C)(=O)=O)c2)C[C@@H]1c1ccc(F)c(Cl)c1. The molecule has 0 saturated heterocycles. The van der Waals surface area contributed by atoms with Crippen molar-refractivity contribution >= 4 is 38.9 Å². The van der Waals surface area contributed by atoms with Crippen molar-refractivity contribution in [2.75, 3.05) is 11.0 Å². The second-order valence-electron chi connectivity index (χ2n) is 6.26. The minimum absolute atomic E-state index is 0.0243. The third-order valence-electron chi connectivity index (χ3n) is 4.06. The van der Waals surface area contributed by atoms with Crippen molar-refractivity contribution in [1.82, 2.24) is 5.01 Å². The number of sulfonamides is 1. The summed E-state index contributed by atoms with van der Waals surface area (Å²) in [4.78, 5) is 12.0. The maximum atomic E-state index is 13.5. The molecule has 0 spiro atoms. The number of carbonyl (C=O) groups is 1. The lowest BCUT2D eigenvalue weighted by atomic mass is 9.98. The Hall–Kier alpha value is -2.45. The summed E-state index contributed by atoms with van der Waals surface area (Å²) < 4.78 is 38.7. The van der Waals surface area contributed by atoms with Crippen LogP contribution in [-0.4, -0.2) is 31.3 Å². The van der Waals surface area contributed by atoms with Crippen molar-refractivity contribution in [1.29, 1.82) is 0 Å². The van der Waals surface area contributed by atoms with Crippen LogP contribution in [0.15, 0.2) is 47.6 Å². The number of amides is 1. The Kier molecular flexibility index (Phi) is 5.21. The van der Waals surface area contributed by atoms with Crippen molar-refractivity contribution in [3.8, 4) is 0 Å². The van der Waals surface area contributed by atoms with E-state index in [1.807, 2.05) is 0 Å². The van der Waals surface area contributed by atoms with Crippen LogP contribution in [0.1, 0.15) is 30.5 Å². The fraction of sp³-hybridized carbons (Fsp3) is 0.222. The first-order valence-corrected chi connectivity index (χ1v) is 10.3. The standard InChI is InChI=1S/C18H17ClFN3O3S/c1-11(24)23-18(13-6-7-16(20)15(19)9-13)10-17(21-23)12-4-3-5-14(8-12)22-27(2,25)26/h3-9,18,22H,10H2,1-2H3/t18-/m1/s1. The average Bonchev–Trinajstić information content (AvgIpc) is 3.02. The van der Waals surface area contributed by atoms with E-state index in [2.05, 4.69) is 9.82 Å². The van der Waals surface area contributed by atoms with Crippen LogP contribution in [0.3, 0.4) is 0 Å². The summed E-state index contributed by atoms with van der Waals surface area (Å²) in [6.07, 6.45) is 1.46. The number of nitrogens with one attached hydrogen (secondary N) is 1. The Bertz CT molecular complexity index is 1040. The van der Waals surface area contributed by atoms with Gasteiger partial charge in [0, 0.05) is 19.0 Å². The largest absolute Gasteiger partial charge is 0.284 e. The minimum Gasteiger partial charge on any atom is -0.284 e. The van der Waals surface area contributed by atoms with Gasteiger partial charge in [0.2, 0.25) is 15.9 Å². The average molecular weight is 410 g/mol. The van der Waals surface area contributed by atoms with E-state index >= 15 is 0 Å². The zero-order valence-electron chi connectivity index (χ0n) is 14.6. The normalized spacial score (nSPS) is 17.0. The first kappa shape index (κ1) is 19.3. The number of hydrogen-bond acceptors (Lipinski definition) is 4. The van der Waals surface area contributed by atoms with Gasteiger partial charge in [-0.2, -0.15) is 5.10 Å². The first-order valence-electron chi connectivity index (χ1n) is 8.04. The second-order valence-corrected chi connectivity index (χ2v) is 8.41. The van der Waals surface area contributed by atoms with Gasteiger partial charge < -0.3 is 0 Å². The Morgan fingerprint density at radius 3 is 2.67 bits per heavy atom. The molecule has 2 aromatic rings. The fourth-order valence-corrected chi connectivity index (χ4v) is 3.67. The van der Waals surface area contributed by atoms with Crippen LogP contribution in [-0.2, 0) is 14.8 Å². The highest BCUT2D eigenvalue weighted by Crippen LogP contribution is 2.34. The molecule has 1 amide bonds. The summed E-state index contributed by atoms with van der Waals surface area (Å²) in [6, 6.07) is 10.7. The van der Waals surface area contributed by atoms with E-state index < -0.39 is 21.9 Å². The quantitative estimate of drug-likeness (QED) is 0.838. The third-order valence-corrected chi connectivity index (χ3v) is 4.96. The van der Waals surface area contributed by atoms with Gasteiger partial charge in [-0.25, -0.2) is 17.8 Å². The molecule has 3 rings (SSSR count). The summed E-state index contributed by atoms with van der Waals surface area (Å²) in [5.41, 5.74) is 2.37. The minimum atomic E-state index is -3.41. The predicted octanol–water partition coefficient (Wildman–Crippen LogP) is 3.55. The molecule has 0 aliphatic carbocycles. The number of hydrazone groups is 1. The molecule has 0 radical (unpaired) electrons. The predicted molar refractivity (Wildman–Crippen MR) is 103 cm³/mol. The molecule has 1 atom stereocenters. The van der Waals surface area contributed by atoms with E-state index in [-0.39, 0.29) is 10.9 Å². The number of nitrogens with zero attached hydrogens (tertiary/aromatic N) is 2. The van der Waals surface area contributed by atoms with Gasteiger partial charge in [0.15, 0.2) is 0 Å². The van der Waals surface area contributed by atoms with Gasteiger partial charge in [0.25, 0.3) is 0 Å². The highest BCUT2D eigenvalue weighted by atomic mass is 35.5. The smallest absolute Gasteiger partial charge is 0.240 e. The molecule has 0 fully saturated rings. The molecule has 0 saturated carbocycles. The molecule has 0 aromatic heterocycles. The number of halogens is 2. The van der Waals surface area contributed by atoms with Crippen LogP contribution in [0.5, 0.6) is 0 Å². The van der Waals surface area contributed by atoms with Crippen LogP contribution < -0.4 is 4.72 Å². The zero-order chi connectivity index (χ0) is 19.8. The molecule has 1 N–H and O–H groups in total. The Morgan fingerprint density at radius 2 is 2.04 bits per heavy atom. The van der Waals surface area contributed by atoms with E-state index in [0.29, 0.717) is 28.9 Å². The number of hydrogen-bond donors (Lipinski definition) is 1. The van der Waals surface area contributed by atoms with Crippen LogP contribution >= 0.6 is 11.6 Å². The molecule has 1 aliphatic heterocycles. The Balaban J connectivity index is 1.93. The highest BCUT2D eigenvalue weighted by molar-refractivity contribution is 7.92. The lowest BCUT2D eigenvalue weighted by Crippen LogP contribution is -2.24. The van der Waals surface area contributed by atoms with Crippen molar-refractivity contribution in [2.24, 2.45) is 5.10 Å². The summed E-state index contributed by atoms with van der Waals surface area (Å²) in [5.74, 6) is -0.797. The molecule has 1 heterocycles. The highest BCUT2D eigenvalue weighted by Gasteiger charge is 2.31. The van der Waals surface area contributed by atoms with Gasteiger partial charge in [0.05, 0.1) is 23.0 Å². The lowest BCUT2D eigenvalue weighted by Gasteiger charge is -2.20. The van der Waals surface area contributed by atoms with Crippen molar-refractivity contribution in [3.05, 3.63) is 64.4 Å². The Morgan fingerprint density at radius 1 is 1.30 bits per heavy atom. The monoisotopic (exact) mass is 409 g/mol. The molecular weight excluding hydrogens is 393 g/mol. The van der Waals surface area contributed by atoms with Gasteiger partial charge in [-0.15, -0.1) is 0 Å². The molecule has 1 aliphatic rings. The van der Waals surface area contributed by atoms with Gasteiger partial charge in [-0.3, -0.25) is 9.52 Å². The van der Waals surface area contributed by atoms with Gasteiger partial charge in [-0.05, 0) is 35.4 Å². The second kappa shape index (κ2) is 7.28. The molecule has 27 heavy (non-hydrogen) atoms. The zero-order valence-corrected chi connectivity index (χ0v) is 16.2. The maximum absolute atomic E-state index is 13.5. The van der Waals surface area contributed by atoms with E-state index in [1.165, 1.54) is 24.1 Å².